The largest absolute Gasteiger partial charge is 0.321 e. The molecule has 1 saturated carbocycles. The lowest BCUT2D eigenvalue weighted by Crippen LogP contribution is -2.11. The molecule has 0 aromatic carbocycles. The van der Waals surface area contributed by atoms with E-state index in [0.717, 1.165) is 18.2 Å². The predicted octanol–water partition coefficient (Wildman–Crippen LogP) is 3.77. The minimum Gasteiger partial charge on any atom is -0.188 e. The molecule has 1 aliphatic carbocycles. The summed E-state index contributed by atoms with van der Waals surface area (Å²) < 4.78 is 24.3. The van der Waals surface area contributed by atoms with Crippen molar-refractivity contribution in [1.29, 1.82) is 0 Å². The molecule has 0 amide bonds. The fraction of sp³-hybridized carbons (Fsp3) is 1.00. The van der Waals surface area contributed by atoms with Crippen molar-refractivity contribution >= 4 is 27.5 Å². The van der Waals surface area contributed by atoms with Crippen molar-refractivity contribution in [3.63, 3.8) is 0 Å². The van der Waals surface area contributed by atoms with Gasteiger partial charge in [0.2, 0.25) is 0 Å². The first-order valence-corrected chi connectivity index (χ1v) is 5.10. The third-order valence-corrected chi connectivity index (χ3v) is 3.56. The topological polar surface area (TPSA) is 0 Å². The SMILES string of the molecule is FC(F)(Cl)CCC1(CBr)CC1. The molecule has 0 heterocycles. The Hall–Kier alpha value is 0.630. The van der Waals surface area contributed by atoms with Crippen LogP contribution in [0.2, 0.25) is 0 Å². The Morgan fingerprint density at radius 1 is 1.45 bits per heavy atom. The minimum atomic E-state index is -3.00. The Morgan fingerprint density at radius 2 is 2.00 bits per heavy atom. The summed E-state index contributed by atoms with van der Waals surface area (Å²) in [7, 11) is 0. The summed E-state index contributed by atoms with van der Waals surface area (Å²) in [6, 6.07) is 0. The van der Waals surface area contributed by atoms with E-state index in [1.165, 1.54) is 0 Å². The second-order valence-electron chi connectivity index (χ2n) is 3.25. The summed E-state index contributed by atoms with van der Waals surface area (Å²) in [6.45, 7) is 0. The summed E-state index contributed by atoms with van der Waals surface area (Å²) in [4.78, 5) is 0. The molecule has 1 fully saturated rings. The molecule has 66 valence electrons. The Balaban J connectivity index is 2.22. The fourth-order valence-electron chi connectivity index (χ4n) is 1.03. The third-order valence-electron chi connectivity index (χ3n) is 2.18. The highest BCUT2D eigenvalue weighted by Crippen LogP contribution is 2.52. The molecule has 0 radical (unpaired) electrons. The minimum absolute atomic E-state index is 0.151. The average molecular weight is 248 g/mol. The molecule has 0 aromatic rings. The van der Waals surface area contributed by atoms with E-state index in [-0.39, 0.29) is 11.8 Å². The molecule has 0 spiro atoms. The molecule has 11 heavy (non-hydrogen) atoms. The van der Waals surface area contributed by atoms with Crippen molar-refractivity contribution in [3.05, 3.63) is 0 Å². The van der Waals surface area contributed by atoms with Crippen LogP contribution in [0.15, 0.2) is 0 Å². The molecular formula is C7H10BrClF2. The van der Waals surface area contributed by atoms with Crippen LogP contribution in [0.4, 0.5) is 8.78 Å². The molecule has 0 unspecified atom stereocenters. The number of hydrogen-bond acceptors (Lipinski definition) is 0. The van der Waals surface area contributed by atoms with Crippen LogP contribution < -0.4 is 0 Å². The third kappa shape index (κ3) is 3.24. The van der Waals surface area contributed by atoms with Gasteiger partial charge in [-0.25, -0.2) is 0 Å². The van der Waals surface area contributed by atoms with Gasteiger partial charge in [-0.3, -0.25) is 0 Å². The predicted molar refractivity (Wildman–Crippen MR) is 45.5 cm³/mol. The van der Waals surface area contributed by atoms with Crippen LogP contribution in [0, 0.1) is 5.41 Å². The zero-order valence-electron chi connectivity index (χ0n) is 6.05. The van der Waals surface area contributed by atoms with Gasteiger partial charge < -0.3 is 0 Å². The van der Waals surface area contributed by atoms with Gasteiger partial charge in [0.05, 0.1) is 0 Å². The Labute approximate surface area is 78.4 Å². The zero-order valence-corrected chi connectivity index (χ0v) is 8.39. The molecule has 1 aliphatic rings. The first-order valence-electron chi connectivity index (χ1n) is 3.60. The molecule has 0 bridgehead atoms. The molecular weight excluding hydrogens is 237 g/mol. The first kappa shape index (κ1) is 9.72. The van der Waals surface area contributed by atoms with Gasteiger partial charge in [0.25, 0.3) is 0 Å². The van der Waals surface area contributed by atoms with E-state index in [9.17, 15) is 8.78 Å². The van der Waals surface area contributed by atoms with Crippen LogP contribution in [-0.4, -0.2) is 10.7 Å². The number of halogens is 4. The average Bonchev–Trinajstić information content (AvgIpc) is 2.63. The van der Waals surface area contributed by atoms with Crippen molar-refractivity contribution in [3.8, 4) is 0 Å². The quantitative estimate of drug-likeness (QED) is 0.663. The van der Waals surface area contributed by atoms with Gasteiger partial charge in [-0.2, -0.15) is 8.78 Å². The molecule has 0 aliphatic heterocycles. The summed E-state index contributed by atoms with van der Waals surface area (Å²) in [5.41, 5.74) is 0.151. The number of alkyl halides is 4. The number of hydrogen-bond donors (Lipinski definition) is 0. The second-order valence-corrected chi connectivity index (χ2v) is 4.36. The highest BCUT2D eigenvalue weighted by molar-refractivity contribution is 9.09. The maximum Gasteiger partial charge on any atom is 0.321 e. The highest BCUT2D eigenvalue weighted by atomic mass is 79.9. The highest BCUT2D eigenvalue weighted by Gasteiger charge is 2.43. The van der Waals surface area contributed by atoms with Gasteiger partial charge in [0.1, 0.15) is 0 Å². The lowest BCUT2D eigenvalue weighted by Gasteiger charge is -2.13. The van der Waals surface area contributed by atoms with E-state index >= 15 is 0 Å². The maximum absolute atomic E-state index is 12.2. The van der Waals surface area contributed by atoms with Crippen LogP contribution in [0.5, 0.6) is 0 Å². The summed E-state index contributed by atoms with van der Waals surface area (Å²) in [5.74, 6) is 0. The zero-order chi connectivity index (χ0) is 8.54. The summed E-state index contributed by atoms with van der Waals surface area (Å²) in [6.07, 6.45) is 2.46. The first-order chi connectivity index (χ1) is 4.97. The Morgan fingerprint density at radius 3 is 2.27 bits per heavy atom. The lowest BCUT2D eigenvalue weighted by atomic mass is 10.0. The van der Waals surface area contributed by atoms with E-state index < -0.39 is 5.38 Å². The van der Waals surface area contributed by atoms with Crippen LogP contribution >= 0.6 is 27.5 Å². The van der Waals surface area contributed by atoms with Crippen molar-refractivity contribution in [2.45, 2.75) is 31.1 Å². The molecule has 0 N–H and O–H groups in total. The standard InChI is InChI=1S/C7H10BrClF2/c8-5-6(1-2-6)3-4-7(9,10)11/h1-5H2. The molecule has 0 saturated heterocycles. The van der Waals surface area contributed by atoms with Crippen molar-refractivity contribution in [1.82, 2.24) is 0 Å². The monoisotopic (exact) mass is 246 g/mol. The van der Waals surface area contributed by atoms with Crippen LogP contribution in [0.3, 0.4) is 0 Å². The van der Waals surface area contributed by atoms with Crippen molar-refractivity contribution in [2.75, 3.05) is 5.33 Å². The normalized spacial score (nSPS) is 21.8. The van der Waals surface area contributed by atoms with Gasteiger partial charge in [-0.1, -0.05) is 15.9 Å². The van der Waals surface area contributed by atoms with Crippen LogP contribution in [0.25, 0.3) is 0 Å². The van der Waals surface area contributed by atoms with E-state index in [1.807, 2.05) is 0 Å². The lowest BCUT2D eigenvalue weighted by molar-refractivity contribution is 0.0774. The van der Waals surface area contributed by atoms with Gasteiger partial charge in [0, 0.05) is 11.8 Å². The van der Waals surface area contributed by atoms with E-state index in [0.29, 0.717) is 6.42 Å². The van der Waals surface area contributed by atoms with Crippen LogP contribution in [-0.2, 0) is 0 Å². The molecule has 1 rings (SSSR count). The Kier molecular flexibility index (Phi) is 2.80. The van der Waals surface area contributed by atoms with E-state index in [2.05, 4.69) is 15.9 Å². The van der Waals surface area contributed by atoms with Gasteiger partial charge in [-0.15, -0.1) is 0 Å². The van der Waals surface area contributed by atoms with Crippen LogP contribution in [0.1, 0.15) is 25.7 Å². The Bertz CT molecular complexity index is 140. The number of rotatable bonds is 4. The molecule has 0 nitrogen and oxygen atoms in total. The van der Waals surface area contributed by atoms with Gasteiger partial charge in [0.15, 0.2) is 0 Å². The van der Waals surface area contributed by atoms with Crippen molar-refractivity contribution < 1.29 is 8.78 Å². The van der Waals surface area contributed by atoms with Gasteiger partial charge >= 0.3 is 5.38 Å². The fourth-order valence-corrected chi connectivity index (χ4v) is 1.97. The maximum atomic E-state index is 12.2. The second kappa shape index (κ2) is 3.17. The van der Waals surface area contributed by atoms with E-state index in [4.69, 9.17) is 11.6 Å². The molecule has 4 heteroatoms. The van der Waals surface area contributed by atoms with Crippen molar-refractivity contribution in [2.24, 2.45) is 5.41 Å². The van der Waals surface area contributed by atoms with Gasteiger partial charge in [-0.05, 0) is 36.3 Å². The smallest absolute Gasteiger partial charge is 0.188 e. The van der Waals surface area contributed by atoms with E-state index in [1.54, 1.807) is 0 Å². The summed E-state index contributed by atoms with van der Waals surface area (Å²) in [5, 5.41) is -2.18. The molecule has 0 aromatic heterocycles. The summed E-state index contributed by atoms with van der Waals surface area (Å²) >= 11 is 8.09. The molecule has 0 atom stereocenters.